The normalized spacial score (nSPS) is 17.2. The number of nitrogens with zero attached hydrogens (tertiary/aromatic N) is 1. The number of ketones is 1. The van der Waals surface area contributed by atoms with Gasteiger partial charge in [-0.25, -0.2) is 13.2 Å². The molecule has 2 aliphatic heterocycles. The van der Waals surface area contributed by atoms with Crippen LogP contribution in [0.25, 0.3) is 0 Å². The largest absolute Gasteiger partial charge is 0.490 e. The van der Waals surface area contributed by atoms with Gasteiger partial charge in [-0.3, -0.25) is 9.59 Å². The third kappa shape index (κ3) is 3.92. The number of carbonyl (C=O) groups excluding carboxylic acids is 2. The Labute approximate surface area is 165 Å². The summed E-state index contributed by atoms with van der Waals surface area (Å²) >= 11 is 0. The third-order valence-corrected chi connectivity index (χ3v) is 5.18. The maximum atomic E-state index is 14.4. The SMILES string of the molecule is CC(Oc1cc(F)cc(F)c1)C1CN(C(=O)c2cc3c(cc2F)OCC(=O)C3)C1. The first-order chi connectivity index (χ1) is 13.8. The van der Waals surface area contributed by atoms with Crippen LogP contribution in [0.1, 0.15) is 22.8 Å². The van der Waals surface area contributed by atoms with Crippen molar-refractivity contribution >= 4 is 11.7 Å². The van der Waals surface area contributed by atoms with Gasteiger partial charge in [0.15, 0.2) is 5.78 Å². The molecule has 8 heteroatoms. The van der Waals surface area contributed by atoms with Crippen LogP contribution in [-0.4, -0.2) is 42.4 Å². The summed E-state index contributed by atoms with van der Waals surface area (Å²) in [6, 6.07) is 5.44. The van der Waals surface area contributed by atoms with E-state index in [0.29, 0.717) is 18.7 Å². The van der Waals surface area contributed by atoms with Gasteiger partial charge in [-0.2, -0.15) is 0 Å². The molecule has 2 aromatic carbocycles. The minimum Gasteiger partial charge on any atom is -0.490 e. The van der Waals surface area contributed by atoms with E-state index in [2.05, 4.69) is 0 Å². The average Bonchev–Trinajstić information content (AvgIpc) is 2.59. The predicted molar refractivity (Wildman–Crippen MR) is 96.4 cm³/mol. The van der Waals surface area contributed by atoms with Gasteiger partial charge < -0.3 is 14.4 Å². The summed E-state index contributed by atoms with van der Waals surface area (Å²) in [7, 11) is 0. The highest BCUT2D eigenvalue weighted by atomic mass is 19.1. The Kier molecular flexibility index (Phi) is 4.94. The third-order valence-electron chi connectivity index (χ3n) is 5.18. The number of benzene rings is 2. The lowest BCUT2D eigenvalue weighted by molar-refractivity contribution is -0.121. The van der Waals surface area contributed by atoms with Crippen LogP contribution >= 0.6 is 0 Å². The Morgan fingerprint density at radius 3 is 2.52 bits per heavy atom. The molecule has 0 N–H and O–H groups in total. The van der Waals surface area contributed by atoms with Crippen LogP contribution in [0.4, 0.5) is 13.2 Å². The van der Waals surface area contributed by atoms with Crippen molar-refractivity contribution in [3.63, 3.8) is 0 Å². The van der Waals surface area contributed by atoms with Gasteiger partial charge in [0.25, 0.3) is 5.91 Å². The number of halogens is 3. The predicted octanol–water partition coefficient (Wildman–Crippen LogP) is 3.15. The van der Waals surface area contributed by atoms with Crippen molar-refractivity contribution in [2.45, 2.75) is 19.4 Å². The highest BCUT2D eigenvalue weighted by molar-refractivity contribution is 5.96. The van der Waals surface area contributed by atoms with E-state index in [9.17, 15) is 22.8 Å². The van der Waals surface area contributed by atoms with E-state index in [4.69, 9.17) is 9.47 Å². The van der Waals surface area contributed by atoms with E-state index in [1.807, 2.05) is 0 Å². The van der Waals surface area contributed by atoms with Crippen LogP contribution in [0, 0.1) is 23.4 Å². The molecule has 0 saturated carbocycles. The van der Waals surface area contributed by atoms with Crippen LogP contribution in [0.15, 0.2) is 30.3 Å². The molecule has 1 amide bonds. The van der Waals surface area contributed by atoms with Crippen molar-refractivity contribution in [2.75, 3.05) is 19.7 Å². The molecule has 29 heavy (non-hydrogen) atoms. The molecule has 1 saturated heterocycles. The molecule has 5 nitrogen and oxygen atoms in total. The first-order valence-corrected chi connectivity index (χ1v) is 9.19. The van der Waals surface area contributed by atoms with Gasteiger partial charge >= 0.3 is 0 Å². The van der Waals surface area contributed by atoms with E-state index in [0.717, 1.165) is 24.3 Å². The fourth-order valence-electron chi connectivity index (χ4n) is 3.51. The van der Waals surface area contributed by atoms with Gasteiger partial charge in [-0.15, -0.1) is 0 Å². The maximum Gasteiger partial charge on any atom is 0.256 e. The topological polar surface area (TPSA) is 55.8 Å². The molecule has 4 rings (SSSR count). The highest BCUT2D eigenvalue weighted by Gasteiger charge is 2.37. The molecule has 2 aliphatic rings. The lowest BCUT2D eigenvalue weighted by Gasteiger charge is -2.42. The van der Waals surface area contributed by atoms with Crippen LogP contribution in [0.5, 0.6) is 11.5 Å². The van der Waals surface area contributed by atoms with Crippen molar-refractivity contribution in [2.24, 2.45) is 5.92 Å². The van der Waals surface area contributed by atoms with Crippen molar-refractivity contribution in [3.05, 3.63) is 58.9 Å². The second-order valence-electron chi connectivity index (χ2n) is 7.34. The number of hydrogen-bond donors (Lipinski definition) is 0. The lowest BCUT2D eigenvalue weighted by Crippen LogP contribution is -2.55. The van der Waals surface area contributed by atoms with Gasteiger partial charge in [-0.05, 0) is 13.0 Å². The number of likely N-dealkylation sites (tertiary alicyclic amines) is 1. The van der Waals surface area contributed by atoms with E-state index < -0.39 is 23.4 Å². The Morgan fingerprint density at radius 1 is 1.14 bits per heavy atom. The summed E-state index contributed by atoms with van der Waals surface area (Å²) in [5.41, 5.74) is 0.383. The molecule has 0 aromatic heterocycles. The summed E-state index contributed by atoms with van der Waals surface area (Å²) in [6.45, 7) is 2.30. The first kappa shape index (κ1) is 19.3. The molecule has 0 spiro atoms. The van der Waals surface area contributed by atoms with Gasteiger partial charge in [0.05, 0.1) is 5.56 Å². The average molecular weight is 405 g/mol. The quantitative estimate of drug-likeness (QED) is 0.784. The zero-order valence-corrected chi connectivity index (χ0v) is 15.6. The second kappa shape index (κ2) is 7.42. The molecule has 1 unspecified atom stereocenters. The number of amides is 1. The van der Waals surface area contributed by atoms with Crippen molar-refractivity contribution < 1.29 is 32.2 Å². The van der Waals surface area contributed by atoms with E-state index in [-0.39, 0.29) is 47.9 Å². The highest BCUT2D eigenvalue weighted by Crippen LogP contribution is 2.30. The minimum atomic E-state index is -0.733. The second-order valence-corrected chi connectivity index (χ2v) is 7.34. The van der Waals surface area contributed by atoms with Crippen LogP contribution in [-0.2, 0) is 11.2 Å². The number of hydrogen-bond acceptors (Lipinski definition) is 4. The lowest BCUT2D eigenvalue weighted by atomic mass is 9.93. The summed E-state index contributed by atoms with van der Waals surface area (Å²) in [6.07, 6.45) is -0.284. The summed E-state index contributed by atoms with van der Waals surface area (Å²) < 4.78 is 51.7. The van der Waals surface area contributed by atoms with Crippen LogP contribution < -0.4 is 9.47 Å². The molecule has 1 atom stereocenters. The molecule has 152 valence electrons. The van der Waals surface area contributed by atoms with Gasteiger partial charge in [-0.1, -0.05) is 0 Å². The molecule has 0 radical (unpaired) electrons. The molecule has 2 aromatic rings. The fourth-order valence-corrected chi connectivity index (χ4v) is 3.51. The molecule has 0 bridgehead atoms. The van der Waals surface area contributed by atoms with Crippen molar-refractivity contribution in [3.8, 4) is 11.5 Å². The minimum absolute atomic E-state index is 0.0594. The molecule has 2 heterocycles. The number of ether oxygens (including phenoxy) is 2. The van der Waals surface area contributed by atoms with E-state index in [1.165, 1.54) is 11.0 Å². The van der Waals surface area contributed by atoms with Gasteiger partial charge in [0.1, 0.15) is 41.7 Å². The zero-order chi connectivity index (χ0) is 20.7. The van der Waals surface area contributed by atoms with Crippen LogP contribution in [0.3, 0.4) is 0 Å². The molecule has 0 aliphatic carbocycles. The molecular formula is C21H18F3NO4. The van der Waals surface area contributed by atoms with Crippen LogP contribution in [0.2, 0.25) is 0 Å². The fraction of sp³-hybridized carbons (Fsp3) is 0.333. The number of rotatable bonds is 4. The number of carbonyl (C=O) groups is 2. The summed E-state index contributed by atoms with van der Waals surface area (Å²) in [4.78, 5) is 25.6. The molecular weight excluding hydrogens is 387 g/mol. The number of fused-ring (bicyclic) bond motifs is 1. The summed E-state index contributed by atoms with van der Waals surface area (Å²) in [5.74, 6) is -2.49. The van der Waals surface area contributed by atoms with E-state index >= 15 is 0 Å². The zero-order valence-electron chi connectivity index (χ0n) is 15.6. The Hall–Kier alpha value is -3.03. The van der Waals surface area contributed by atoms with E-state index in [1.54, 1.807) is 6.92 Å². The van der Waals surface area contributed by atoms with Gasteiger partial charge in [0, 0.05) is 55.3 Å². The Bertz CT molecular complexity index is 968. The maximum absolute atomic E-state index is 14.4. The standard InChI is InChI=1S/C21H18F3NO4/c1-11(29-17-5-14(22)4-15(23)6-17)13-8-25(9-13)21(27)18-3-12-2-16(26)10-28-20(12)7-19(18)24/h3-7,11,13H,2,8-10H2,1H3. The monoisotopic (exact) mass is 405 g/mol. The Balaban J connectivity index is 1.40. The smallest absolute Gasteiger partial charge is 0.256 e. The van der Waals surface area contributed by atoms with Crippen molar-refractivity contribution in [1.29, 1.82) is 0 Å². The number of Topliss-reactive ketones (excluding diaryl/α,β-unsaturated/α-hetero) is 1. The van der Waals surface area contributed by atoms with Gasteiger partial charge in [0.2, 0.25) is 0 Å². The first-order valence-electron chi connectivity index (χ1n) is 9.19. The summed E-state index contributed by atoms with van der Waals surface area (Å²) in [5, 5.41) is 0. The Morgan fingerprint density at radius 2 is 1.83 bits per heavy atom. The molecule has 1 fully saturated rings. The van der Waals surface area contributed by atoms with Crippen molar-refractivity contribution in [1.82, 2.24) is 4.90 Å².